The first-order valence-electron chi connectivity index (χ1n) is 8.71. The lowest BCUT2D eigenvalue weighted by molar-refractivity contribution is 0.256. The summed E-state index contributed by atoms with van der Waals surface area (Å²) in [4.78, 5) is 13.5. The summed E-state index contributed by atoms with van der Waals surface area (Å²) in [5, 5.41) is 4.59. The van der Waals surface area contributed by atoms with Crippen LogP contribution in [0.3, 0.4) is 0 Å². The first-order valence-corrected chi connectivity index (χ1v) is 8.71. The minimum Gasteiger partial charge on any atom is -0.380 e. The van der Waals surface area contributed by atoms with Crippen LogP contribution in [0.5, 0.6) is 0 Å². The van der Waals surface area contributed by atoms with Crippen LogP contribution in [0.15, 0.2) is 71.3 Å². The van der Waals surface area contributed by atoms with Crippen molar-refractivity contribution < 1.29 is 9.32 Å². The number of nitrogens with zero attached hydrogens (tertiary/aromatic N) is 2. The summed E-state index contributed by atoms with van der Waals surface area (Å²) in [6, 6.07) is 19.9. The smallest absolute Gasteiger partial charge is 0.323 e. The van der Waals surface area contributed by atoms with Gasteiger partial charge < -0.3 is 21.7 Å². The SMILES string of the molecule is NCc1ccc(N(C(N)=O)c2ccc(-c3cccc4onc(N)c34)cc2)cc1. The number of carbonyl (C=O) groups is 1. The number of benzene rings is 3. The number of amides is 2. The molecule has 0 fully saturated rings. The van der Waals surface area contributed by atoms with Crippen LogP contribution in [0.25, 0.3) is 22.1 Å². The van der Waals surface area contributed by atoms with Gasteiger partial charge in [0.25, 0.3) is 0 Å². The number of primary amides is 1. The van der Waals surface area contributed by atoms with Gasteiger partial charge in [0, 0.05) is 6.54 Å². The molecule has 3 aromatic carbocycles. The lowest BCUT2D eigenvalue weighted by Crippen LogP contribution is -2.31. The van der Waals surface area contributed by atoms with E-state index >= 15 is 0 Å². The van der Waals surface area contributed by atoms with Crippen molar-refractivity contribution in [3.63, 3.8) is 0 Å². The van der Waals surface area contributed by atoms with Crippen molar-refractivity contribution in [2.24, 2.45) is 11.5 Å². The van der Waals surface area contributed by atoms with Gasteiger partial charge in [0.2, 0.25) is 0 Å². The van der Waals surface area contributed by atoms with E-state index in [9.17, 15) is 4.79 Å². The van der Waals surface area contributed by atoms with Gasteiger partial charge in [-0.15, -0.1) is 0 Å². The molecule has 2 amide bonds. The van der Waals surface area contributed by atoms with Crippen molar-refractivity contribution >= 4 is 34.2 Å². The molecule has 28 heavy (non-hydrogen) atoms. The molecule has 0 bridgehead atoms. The number of rotatable bonds is 4. The van der Waals surface area contributed by atoms with Gasteiger partial charge in [-0.2, -0.15) is 0 Å². The maximum absolute atomic E-state index is 12.1. The van der Waals surface area contributed by atoms with Gasteiger partial charge in [-0.1, -0.05) is 41.6 Å². The summed E-state index contributed by atoms with van der Waals surface area (Å²) in [6.07, 6.45) is 0. The first kappa shape index (κ1) is 17.6. The number of urea groups is 1. The molecule has 0 radical (unpaired) electrons. The molecule has 0 aliphatic carbocycles. The maximum Gasteiger partial charge on any atom is 0.323 e. The molecule has 0 spiro atoms. The Balaban J connectivity index is 1.73. The Morgan fingerprint density at radius 2 is 1.61 bits per heavy atom. The molecular formula is C21H19N5O2. The minimum atomic E-state index is -0.571. The van der Waals surface area contributed by atoms with Crippen LogP contribution in [0.4, 0.5) is 22.0 Å². The van der Waals surface area contributed by atoms with E-state index in [1.54, 1.807) is 0 Å². The number of nitrogen functional groups attached to an aromatic ring is 1. The number of anilines is 3. The van der Waals surface area contributed by atoms with Crippen molar-refractivity contribution in [3.05, 3.63) is 72.3 Å². The molecule has 0 aliphatic heterocycles. The predicted octanol–water partition coefficient (Wildman–Crippen LogP) is 3.75. The number of carbonyl (C=O) groups excluding carboxylic acids is 1. The quantitative estimate of drug-likeness (QED) is 0.502. The summed E-state index contributed by atoms with van der Waals surface area (Å²) < 4.78 is 5.23. The maximum atomic E-state index is 12.1. The molecule has 4 rings (SSSR count). The molecule has 0 aliphatic rings. The van der Waals surface area contributed by atoms with E-state index in [2.05, 4.69) is 5.16 Å². The molecule has 7 heteroatoms. The Hall–Kier alpha value is -3.84. The topological polar surface area (TPSA) is 124 Å². The first-order chi connectivity index (χ1) is 13.6. The van der Waals surface area contributed by atoms with Crippen molar-refractivity contribution in [3.8, 4) is 11.1 Å². The summed E-state index contributed by atoms with van der Waals surface area (Å²) in [6.45, 7) is 0.434. The van der Waals surface area contributed by atoms with Crippen molar-refractivity contribution in [2.45, 2.75) is 6.54 Å². The van der Waals surface area contributed by atoms with Crippen molar-refractivity contribution in [1.29, 1.82) is 0 Å². The second kappa shape index (κ2) is 7.05. The standard InChI is InChI=1S/C21H19N5O2/c22-12-13-4-8-15(9-5-13)26(21(24)27)16-10-6-14(7-11-16)17-2-1-3-18-19(17)20(23)25-28-18/h1-11H,12,22H2,(H2,23,25)(H2,24,27). The normalized spacial score (nSPS) is 10.9. The zero-order valence-corrected chi connectivity index (χ0v) is 15.0. The Morgan fingerprint density at radius 1 is 0.964 bits per heavy atom. The summed E-state index contributed by atoms with van der Waals surface area (Å²) in [7, 11) is 0. The van der Waals surface area contributed by atoms with E-state index in [-0.39, 0.29) is 0 Å². The molecule has 140 valence electrons. The monoisotopic (exact) mass is 373 g/mol. The number of fused-ring (bicyclic) bond motifs is 1. The van der Waals surface area contributed by atoms with Gasteiger partial charge in [0.15, 0.2) is 11.4 Å². The highest BCUT2D eigenvalue weighted by Gasteiger charge is 2.16. The molecular weight excluding hydrogens is 354 g/mol. The van der Waals surface area contributed by atoms with Crippen molar-refractivity contribution in [1.82, 2.24) is 5.16 Å². The van der Waals surface area contributed by atoms with Gasteiger partial charge in [-0.25, -0.2) is 4.79 Å². The molecule has 7 nitrogen and oxygen atoms in total. The van der Waals surface area contributed by atoms with E-state index in [1.807, 2.05) is 66.7 Å². The highest BCUT2D eigenvalue weighted by Crippen LogP contribution is 2.34. The minimum absolute atomic E-state index is 0.341. The number of nitrogens with two attached hydrogens (primary N) is 3. The fourth-order valence-corrected chi connectivity index (χ4v) is 3.23. The molecule has 1 aromatic heterocycles. The van der Waals surface area contributed by atoms with Gasteiger partial charge in [0.05, 0.1) is 16.8 Å². The lowest BCUT2D eigenvalue weighted by Gasteiger charge is -2.21. The molecule has 4 aromatic rings. The van der Waals surface area contributed by atoms with Gasteiger partial charge >= 0.3 is 6.03 Å². The van der Waals surface area contributed by atoms with Crippen LogP contribution in [-0.2, 0) is 6.54 Å². The molecule has 6 N–H and O–H groups in total. The third-order valence-electron chi connectivity index (χ3n) is 4.61. The molecule has 0 atom stereocenters. The zero-order valence-electron chi connectivity index (χ0n) is 15.0. The Labute approximate surface area is 161 Å². The number of aromatic nitrogens is 1. The van der Waals surface area contributed by atoms with Gasteiger partial charge in [-0.3, -0.25) is 4.90 Å². The lowest BCUT2D eigenvalue weighted by atomic mass is 10.0. The Kier molecular flexibility index (Phi) is 4.42. The molecule has 0 unspecified atom stereocenters. The van der Waals surface area contributed by atoms with Gasteiger partial charge in [-0.05, 0) is 47.0 Å². The van der Waals surface area contributed by atoms with Crippen molar-refractivity contribution in [2.75, 3.05) is 10.6 Å². The zero-order chi connectivity index (χ0) is 19.7. The summed E-state index contributed by atoms with van der Waals surface area (Å²) in [5.41, 5.74) is 22.0. The third-order valence-corrected chi connectivity index (χ3v) is 4.61. The highest BCUT2D eigenvalue weighted by molar-refractivity contribution is 6.01. The third kappa shape index (κ3) is 3.04. The van der Waals surface area contributed by atoms with Crippen LogP contribution in [-0.4, -0.2) is 11.2 Å². The largest absolute Gasteiger partial charge is 0.380 e. The van der Waals surface area contributed by atoms with Crippen LogP contribution in [0, 0.1) is 0 Å². The average molecular weight is 373 g/mol. The summed E-state index contributed by atoms with van der Waals surface area (Å²) >= 11 is 0. The number of hydrogen-bond donors (Lipinski definition) is 3. The van der Waals surface area contributed by atoms with Crippen LogP contribution in [0.2, 0.25) is 0 Å². The second-order valence-electron chi connectivity index (χ2n) is 6.34. The number of hydrogen-bond acceptors (Lipinski definition) is 5. The average Bonchev–Trinajstić information content (AvgIpc) is 3.10. The Morgan fingerprint density at radius 3 is 2.21 bits per heavy atom. The van der Waals surface area contributed by atoms with E-state index in [4.69, 9.17) is 21.7 Å². The fraction of sp³-hybridized carbons (Fsp3) is 0.0476. The van der Waals surface area contributed by atoms with E-state index < -0.39 is 6.03 Å². The summed E-state index contributed by atoms with van der Waals surface area (Å²) in [5.74, 6) is 0.341. The van der Waals surface area contributed by atoms with Crippen LogP contribution < -0.4 is 22.1 Å². The second-order valence-corrected chi connectivity index (χ2v) is 6.34. The van der Waals surface area contributed by atoms with E-state index in [0.717, 1.165) is 22.1 Å². The van der Waals surface area contributed by atoms with Crippen LogP contribution >= 0.6 is 0 Å². The molecule has 1 heterocycles. The highest BCUT2D eigenvalue weighted by atomic mass is 16.5. The van der Waals surface area contributed by atoms with Gasteiger partial charge in [0.1, 0.15) is 0 Å². The predicted molar refractivity (Wildman–Crippen MR) is 110 cm³/mol. The van der Waals surface area contributed by atoms with E-state index in [0.29, 0.717) is 29.3 Å². The fourth-order valence-electron chi connectivity index (χ4n) is 3.23. The van der Waals surface area contributed by atoms with E-state index in [1.165, 1.54) is 4.90 Å². The molecule has 0 saturated carbocycles. The molecule has 0 saturated heterocycles. The van der Waals surface area contributed by atoms with Crippen LogP contribution in [0.1, 0.15) is 5.56 Å². The Bertz CT molecular complexity index is 1130.